The molecule has 0 saturated heterocycles. The van der Waals surface area contributed by atoms with Crippen molar-refractivity contribution in [3.8, 4) is 0 Å². The molecule has 0 bridgehead atoms. The second kappa shape index (κ2) is 4.16. The quantitative estimate of drug-likeness (QED) is 0.805. The second-order valence-corrected chi connectivity index (χ2v) is 5.38. The van der Waals surface area contributed by atoms with Crippen LogP contribution >= 0.6 is 0 Å². The predicted molar refractivity (Wildman–Crippen MR) is 60.1 cm³/mol. The molecule has 0 aliphatic rings. The lowest BCUT2D eigenvalue weighted by Gasteiger charge is -2.18. The highest BCUT2D eigenvalue weighted by atomic mass is 32.2. The minimum Gasteiger partial charge on any atom is -0.326 e. The van der Waals surface area contributed by atoms with Crippen molar-refractivity contribution in [1.29, 1.82) is 0 Å². The molecule has 1 rings (SSSR count). The first kappa shape index (κ1) is 11.9. The summed E-state index contributed by atoms with van der Waals surface area (Å²) in [7, 11) is -1.82. The van der Waals surface area contributed by atoms with Crippen LogP contribution in [0.5, 0.6) is 0 Å². The number of rotatable bonds is 3. The van der Waals surface area contributed by atoms with Gasteiger partial charge in [0.2, 0.25) is 10.0 Å². The van der Waals surface area contributed by atoms with E-state index in [0.717, 1.165) is 16.3 Å². The molecule has 0 fully saturated rings. The predicted octanol–water partition coefficient (Wildman–Crippen LogP) is 0.245. The number of hydrogen-bond donors (Lipinski definition) is 1. The van der Waals surface area contributed by atoms with Crippen LogP contribution in [0.4, 0.5) is 5.82 Å². The standard InChI is InChI=1S/C9H15N3O2S/c1-7-4-5-8(6-10)9(11-7)12(2)15(3,13)14/h4-5H,6,10H2,1-3H3. The van der Waals surface area contributed by atoms with Crippen molar-refractivity contribution in [3.63, 3.8) is 0 Å². The van der Waals surface area contributed by atoms with Gasteiger partial charge in [-0.25, -0.2) is 13.4 Å². The number of anilines is 1. The van der Waals surface area contributed by atoms with Crippen LogP contribution in [0.15, 0.2) is 12.1 Å². The second-order valence-electron chi connectivity index (χ2n) is 3.37. The lowest BCUT2D eigenvalue weighted by atomic mass is 10.2. The zero-order valence-electron chi connectivity index (χ0n) is 9.06. The van der Waals surface area contributed by atoms with Crippen molar-refractivity contribution in [2.45, 2.75) is 13.5 Å². The van der Waals surface area contributed by atoms with Gasteiger partial charge in [-0.2, -0.15) is 0 Å². The molecule has 0 unspecified atom stereocenters. The number of sulfonamides is 1. The molecule has 84 valence electrons. The maximum atomic E-state index is 11.4. The van der Waals surface area contributed by atoms with Gasteiger partial charge in [0.1, 0.15) is 5.82 Å². The van der Waals surface area contributed by atoms with Gasteiger partial charge in [-0.3, -0.25) is 4.31 Å². The first-order valence-electron chi connectivity index (χ1n) is 4.46. The highest BCUT2D eigenvalue weighted by Gasteiger charge is 2.16. The smallest absolute Gasteiger partial charge is 0.233 e. The maximum absolute atomic E-state index is 11.4. The van der Waals surface area contributed by atoms with Gasteiger partial charge in [-0.1, -0.05) is 6.07 Å². The highest BCUT2D eigenvalue weighted by molar-refractivity contribution is 7.92. The molecule has 0 aliphatic carbocycles. The molecular weight excluding hydrogens is 214 g/mol. The Kier molecular flexibility index (Phi) is 3.31. The Morgan fingerprint density at radius 2 is 2.07 bits per heavy atom. The van der Waals surface area contributed by atoms with E-state index in [1.165, 1.54) is 7.05 Å². The lowest BCUT2D eigenvalue weighted by molar-refractivity contribution is 0.599. The fraction of sp³-hybridized carbons (Fsp3) is 0.444. The Morgan fingerprint density at radius 3 is 2.53 bits per heavy atom. The molecule has 0 amide bonds. The van der Waals surface area contributed by atoms with Gasteiger partial charge in [0.25, 0.3) is 0 Å². The first-order chi connectivity index (χ1) is 6.86. The van der Waals surface area contributed by atoms with E-state index in [-0.39, 0.29) is 6.54 Å². The summed E-state index contributed by atoms with van der Waals surface area (Å²) in [6.45, 7) is 2.07. The van der Waals surface area contributed by atoms with Crippen LogP contribution in [-0.4, -0.2) is 26.7 Å². The Labute approximate surface area is 90.0 Å². The first-order valence-corrected chi connectivity index (χ1v) is 6.31. The van der Waals surface area contributed by atoms with Gasteiger partial charge >= 0.3 is 0 Å². The molecule has 0 spiro atoms. The topological polar surface area (TPSA) is 76.3 Å². The Balaban J connectivity index is 3.29. The molecule has 1 aromatic rings. The van der Waals surface area contributed by atoms with Crippen LogP contribution in [0.2, 0.25) is 0 Å². The molecule has 0 atom stereocenters. The Hall–Kier alpha value is -1.14. The zero-order valence-corrected chi connectivity index (χ0v) is 9.87. The third-order valence-corrected chi connectivity index (χ3v) is 3.28. The summed E-state index contributed by atoms with van der Waals surface area (Å²) < 4.78 is 23.9. The van der Waals surface area contributed by atoms with Crippen molar-refractivity contribution in [1.82, 2.24) is 4.98 Å². The van der Waals surface area contributed by atoms with Crippen LogP contribution in [0.3, 0.4) is 0 Å². The fourth-order valence-electron chi connectivity index (χ4n) is 1.16. The normalized spacial score (nSPS) is 11.5. The molecule has 0 radical (unpaired) electrons. The van der Waals surface area contributed by atoms with E-state index in [4.69, 9.17) is 5.73 Å². The largest absolute Gasteiger partial charge is 0.326 e. The summed E-state index contributed by atoms with van der Waals surface area (Å²) in [5.41, 5.74) is 7.00. The molecule has 5 nitrogen and oxygen atoms in total. The van der Waals surface area contributed by atoms with Crippen LogP contribution < -0.4 is 10.0 Å². The number of pyridine rings is 1. The zero-order chi connectivity index (χ0) is 11.6. The molecular formula is C9H15N3O2S. The highest BCUT2D eigenvalue weighted by Crippen LogP contribution is 2.18. The van der Waals surface area contributed by atoms with E-state index >= 15 is 0 Å². The van der Waals surface area contributed by atoms with E-state index in [2.05, 4.69) is 4.98 Å². The van der Waals surface area contributed by atoms with E-state index in [9.17, 15) is 8.42 Å². The molecule has 1 heterocycles. The minimum absolute atomic E-state index is 0.266. The van der Waals surface area contributed by atoms with Crippen molar-refractivity contribution in [3.05, 3.63) is 23.4 Å². The number of aromatic nitrogens is 1. The molecule has 2 N–H and O–H groups in total. The third kappa shape index (κ3) is 2.66. The van der Waals surface area contributed by atoms with E-state index < -0.39 is 10.0 Å². The Morgan fingerprint density at radius 1 is 1.47 bits per heavy atom. The van der Waals surface area contributed by atoms with Crippen LogP contribution in [0, 0.1) is 6.92 Å². The molecule has 15 heavy (non-hydrogen) atoms. The number of nitrogens with two attached hydrogens (primary N) is 1. The van der Waals surface area contributed by atoms with Crippen LogP contribution in [0.1, 0.15) is 11.3 Å². The number of nitrogens with zero attached hydrogens (tertiary/aromatic N) is 2. The van der Waals surface area contributed by atoms with Crippen LogP contribution in [-0.2, 0) is 16.6 Å². The monoisotopic (exact) mass is 229 g/mol. The Bertz CT molecular complexity index is 456. The average Bonchev–Trinajstić information content (AvgIpc) is 2.15. The summed E-state index contributed by atoms with van der Waals surface area (Å²) in [4.78, 5) is 4.18. The summed E-state index contributed by atoms with van der Waals surface area (Å²) >= 11 is 0. The fourth-order valence-corrected chi connectivity index (χ4v) is 1.63. The van der Waals surface area contributed by atoms with Gasteiger partial charge in [-0.15, -0.1) is 0 Å². The van der Waals surface area contributed by atoms with Gasteiger partial charge in [0.15, 0.2) is 0 Å². The number of aryl methyl sites for hydroxylation is 1. The van der Waals surface area contributed by atoms with E-state index in [0.29, 0.717) is 11.4 Å². The molecule has 0 aliphatic heterocycles. The maximum Gasteiger partial charge on any atom is 0.233 e. The third-order valence-electron chi connectivity index (χ3n) is 2.11. The van der Waals surface area contributed by atoms with Gasteiger partial charge in [0, 0.05) is 24.8 Å². The van der Waals surface area contributed by atoms with E-state index in [1.807, 2.05) is 6.07 Å². The van der Waals surface area contributed by atoms with Crippen molar-refractivity contribution in [2.24, 2.45) is 5.73 Å². The lowest BCUT2D eigenvalue weighted by Crippen LogP contribution is -2.27. The number of hydrogen-bond acceptors (Lipinski definition) is 4. The van der Waals surface area contributed by atoms with Crippen LogP contribution in [0.25, 0.3) is 0 Å². The molecule has 1 aromatic heterocycles. The van der Waals surface area contributed by atoms with Crippen molar-refractivity contribution in [2.75, 3.05) is 17.6 Å². The molecule has 0 saturated carbocycles. The summed E-state index contributed by atoms with van der Waals surface area (Å²) in [6.07, 6.45) is 1.14. The van der Waals surface area contributed by atoms with Gasteiger partial charge < -0.3 is 5.73 Å². The SMILES string of the molecule is Cc1ccc(CN)c(N(C)S(C)(=O)=O)n1. The summed E-state index contributed by atoms with van der Waals surface area (Å²) in [5.74, 6) is 0.403. The molecule has 0 aromatic carbocycles. The summed E-state index contributed by atoms with van der Waals surface area (Å²) in [6, 6.07) is 3.60. The average molecular weight is 229 g/mol. The van der Waals surface area contributed by atoms with Gasteiger partial charge in [-0.05, 0) is 13.0 Å². The van der Waals surface area contributed by atoms with Crippen molar-refractivity contribution >= 4 is 15.8 Å². The van der Waals surface area contributed by atoms with Gasteiger partial charge in [0.05, 0.1) is 6.26 Å². The summed E-state index contributed by atoms with van der Waals surface area (Å²) in [5, 5.41) is 0. The van der Waals surface area contributed by atoms with E-state index in [1.54, 1.807) is 13.0 Å². The minimum atomic E-state index is -3.29. The van der Waals surface area contributed by atoms with Crippen molar-refractivity contribution < 1.29 is 8.42 Å². The molecule has 6 heteroatoms.